The van der Waals surface area contributed by atoms with E-state index in [1.54, 1.807) is 19.2 Å². The van der Waals surface area contributed by atoms with Crippen LogP contribution in [-0.2, 0) is 16.8 Å². The van der Waals surface area contributed by atoms with E-state index in [9.17, 15) is 13.5 Å². The van der Waals surface area contributed by atoms with E-state index < -0.39 is 10.2 Å². The lowest BCUT2D eigenvalue weighted by molar-refractivity contribution is 0.149. The van der Waals surface area contributed by atoms with Crippen LogP contribution in [0.2, 0.25) is 5.02 Å². The summed E-state index contributed by atoms with van der Waals surface area (Å²) in [5.74, 6) is 0. The van der Waals surface area contributed by atoms with Gasteiger partial charge in [-0.1, -0.05) is 30.2 Å². The molecule has 1 aromatic rings. The molecule has 21 heavy (non-hydrogen) atoms. The van der Waals surface area contributed by atoms with E-state index in [-0.39, 0.29) is 19.2 Å². The molecule has 0 radical (unpaired) electrons. The SMILES string of the molecule is CN(Cc1ccc(Cl)cc1)S(=O)(=O)N1CCCCC1CO. The number of aliphatic hydroxyl groups is 1. The smallest absolute Gasteiger partial charge is 0.282 e. The van der Waals surface area contributed by atoms with Gasteiger partial charge in [0.1, 0.15) is 0 Å². The van der Waals surface area contributed by atoms with Crippen LogP contribution in [0.25, 0.3) is 0 Å². The second kappa shape index (κ2) is 7.07. The van der Waals surface area contributed by atoms with E-state index >= 15 is 0 Å². The number of halogens is 1. The van der Waals surface area contributed by atoms with Crippen molar-refractivity contribution in [3.8, 4) is 0 Å². The predicted molar refractivity (Wildman–Crippen MR) is 83.3 cm³/mol. The Morgan fingerprint density at radius 2 is 2.00 bits per heavy atom. The first-order valence-electron chi connectivity index (χ1n) is 7.03. The summed E-state index contributed by atoms with van der Waals surface area (Å²) in [6.07, 6.45) is 2.51. The van der Waals surface area contributed by atoms with Gasteiger partial charge in [0, 0.05) is 31.2 Å². The molecular formula is C14H21ClN2O3S. The van der Waals surface area contributed by atoms with Gasteiger partial charge in [0.2, 0.25) is 0 Å². The van der Waals surface area contributed by atoms with Gasteiger partial charge in [0.15, 0.2) is 0 Å². The monoisotopic (exact) mass is 332 g/mol. The number of nitrogens with zero attached hydrogens (tertiary/aromatic N) is 2. The van der Waals surface area contributed by atoms with Gasteiger partial charge in [0.05, 0.1) is 6.61 Å². The Hall–Kier alpha value is -0.660. The molecule has 1 aliphatic rings. The molecule has 0 saturated carbocycles. The zero-order valence-electron chi connectivity index (χ0n) is 12.1. The number of piperidine rings is 1. The van der Waals surface area contributed by atoms with Gasteiger partial charge in [-0.3, -0.25) is 0 Å². The maximum absolute atomic E-state index is 12.6. The van der Waals surface area contributed by atoms with Crippen LogP contribution in [0.1, 0.15) is 24.8 Å². The van der Waals surface area contributed by atoms with E-state index in [1.165, 1.54) is 8.61 Å². The van der Waals surface area contributed by atoms with Gasteiger partial charge in [-0.15, -0.1) is 0 Å². The fraction of sp³-hybridized carbons (Fsp3) is 0.571. The van der Waals surface area contributed by atoms with Crippen molar-refractivity contribution in [2.24, 2.45) is 0 Å². The Kier molecular flexibility index (Phi) is 5.62. The van der Waals surface area contributed by atoms with Crippen LogP contribution in [0.5, 0.6) is 0 Å². The summed E-state index contributed by atoms with van der Waals surface area (Å²) in [4.78, 5) is 0. The first-order chi connectivity index (χ1) is 9.95. The lowest BCUT2D eigenvalue weighted by Crippen LogP contribution is -2.50. The summed E-state index contributed by atoms with van der Waals surface area (Å²) < 4.78 is 28.0. The first-order valence-corrected chi connectivity index (χ1v) is 8.81. The standard InChI is InChI=1S/C14H21ClN2O3S/c1-16(10-12-5-7-13(15)8-6-12)21(19,20)17-9-3-2-4-14(17)11-18/h5-8,14,18H,2-4,9-11H2,1H3. The summed E-state index contributed by atoms with van der Waals surface area (Å²) in [6, 6.07) is 6.81. The zero-order chi connectivity index (χ0) is 15.5. The molecular weight excluding hydrogens is 312 g/mol. The van der Waals surface area contributed by atoms with Gasteiger partial charge in [0.25, 0.3) is 10.2 Å². The van der Waals surface area contributed by atoms with Crippen molar-refractivity contribution in [3.05, 3.63) is 34.9 Å². The third kappa shape index (κ3) is 3.96. The maximum Gasteiger partial charge on any atom is 0.282 e. The van der Waals surface area contributed by atoms with Crippen molar-refractivity contribution in [2.75, 3.05) is 20.2 Å². The average molecular weight is 333 g/mol. The summed E-state index contributed by atoms with van der Waals surface area (Å²) in [7, 11) is -2.00. The molecule has 1 aromatic carbocycles. The van der Waals surface area contributed by atoms with E-state index in [2.05, 4.69) is 0 Å². The molecule has 1 N–H and O–H groups in total. The maximum atomic E-state index is 12.6. The van der Waals surface area contributed by atoms with Crippen LogP contribution >= 0.6 is 11.6 Å². The minimum absolute atomic E-state index is 0.131. The first kappa shape index (κ1) is 16.7. The quantitative estimate of drug-likeness (QED) is 0.895. The lowest BCUT2D eigenvalue weighted by atomic mass is 10.1. The van der Waals surface area contributed by atoms with Crippen LogP contribution in [0.3, 0.4) is 0 Å². The van der Waals surface area contributed by atoms with Crippen molar-refractivity contribution < 1.29 is 13.5 Å². The van der Waals surface area contributed by atoms with Crippen LogP contribution in [0.15, 0.2) is 24.3 Å². The van der Waals surface area contributed by atoms with Crippen molar-refractivity contribution in [3.63, 3.8) is 0 Å². The topological polar surface area (TPSA) is 60.9 Å². The minimum atomic E-state index is -3.56. The Labute approximate surface area is 131 Å². The van der Waals surface area contributed by atoms with Gasteiger partial charge in [-0.2, -0.15) is 17.0 Å². The molecule has 1 fully saturated rings. The molecule has 1 heterocycles. The Morgan fingerprint density at radius 3 is 2.62 bits per heavy atom. The van der Waals surface area contributed by atoms with E-state index in [4.69, 9.17) is 11.6 Å². The van der Waals surface area contributed by atoms with Crippen molar-refractivity contribution in [1.82, 2.24) is 8.61 Å². The van der Waals surface area contributed by atoms with E-state index in [0.717, 1.165) is 18.4 Å². The number of hydrogen-bond donors (Lipinski definition) is 1. The van der Waals surface area contributed by atoms with E-state index in [0.29, 0.717) is 18.0 Å². The lowest BCUT2D eigenvalue weighted by Gasteiger charge is -2.36. The van der Waals surface area contributed by atoms with Crippen LogP contribution < -0.4 is 0 Å². The molecule has 0 spiro atoms. The van der Waals surface area contributed by atoms with Crippen LogP contribution in [0, 0.1) is 0 Å². The molecule has 0 amide bonds. The van der Waals surface area contributed by atoms with Gasteiger partial charge >= 0.3 is 0 Å². The minimum Gasteiger partial charge on any atom is -0.395 e. The molecule has 7 heteroatoms. The van der Waals surface area contributed by atoms with Crippen LogP contribution in [0.4, 0.5) is 0 Å². The number of rotatable bonds is 5. The summed E-state index contributed by atoms with van der Waals surface area (Å²) in [5.41, 5.74) is 0.878. The van der Waals surface area contributed by atoms with Gasteiger partial charge in [-0.05, 0) is 30.5 Å². The summed E-state index contributed by atoms with van der Waals surface area (Å²) in [5, 5.41) is 10.0. The highest BCUT2D eigenvalue weighted by molar-refractivity contribution is 7.86. The van der Waals surface area contributed by atoms with Crippen molar-refractivity contribution in [1.29, 1.82) is 0 Å². The molecule has 1 aliphatic heterocycles. The Balaban J connectivity index is 2.12. The number of aliphatic hydroxyl groups excluding tert-OH is 1. The molecule has 1 unspecified atom stereocenters. The second-order valence-electron chi connectivity index (χ2n) is 5.33. The fourth-order valence-electron chi connectivity index (χ4n) is 2.57. The Bertz CT molecular complexity index is 562. The molecule has 0 aromatic heterocycles. The highest BCUT2D eigenvalue weighted by Crippen LogP contribution is 2.23. The van der Waals surface area contributed by atoms with Gasteiger partial charge in [-0.25, -0.2) is 0 Å². The zero-order valence-corrected chi connectivity index (χ0v) is 13.6. The third-order valence-electron chi connectivity index (χ3n) is 3.79. The normalized spacial score (nSPS) is 20.9. The summed E-state index contributed by atoms with van der Waals surface area (Å²) in [6.45, 7) is 0.626. The molecule has 1 saturated heterocycles. The average Bonchev–Trinajstić information content (AvgIpc) is 2.49. The molecule has 0 aliphatic carbocycles. The highest BCUT2D eigenvalue weighted by Gasteiger charge is 2.34. The molecule has 0 bridgehead atoms. The predicted octanol–water partition coefficient (Wildman–Crippen LogP) is 1.86. The second-order valence-corrected chi connectivity index (χ2v) is 7.76. The Morgan fingerprint density at radius 1 is 1.33 bits per heavy atom. The molecule has 118 valence electrons. The van der Waals surface area contributed by atoms with Crippen molar-refractivity contribution >= 4 is 21.8 Å². The third-order valence-corrected chi connectivity index (χ3v) is 6.03. The number of hydrogen-bond acceptors (Lipinski definition) is 3. The molecule has 2 rings (SSSR count). The highest BCUT2D eigenvalue weighted by atomic mass is 35.5. The summed E-state index contributed by atoms with van der Waals surface area (Å²) >= 11 is 5.83. The van der Waals surface area contributed by atoms with Gasteiger partial charge < -0.3 is 5.11 Å². The number of benzene rings is 1. The van der Waals surface area contributed by atoms with Crippen molar-refractivity contribution in [2.45, 2.75) is 31.8 Å². The molecule has 5 nitrogen and oxygen atoms in total. The van der Waals surface area contributed by atoms with Crippen LogP contribution in [-0.4, -0.2) is 48.4 Å². The molecule has 1 atom stereocenters. The largest absolute Gasteiger partial charge is 0.395 e. The fourth-order valence-corrected chi connectivity index (χ4v) is 4.27. The van der Waals surface area contributed by atoms with E-state index in [1.807, 2.05) is 12.1 Å².